The predicted octanol–water partition coefficient (Wildman–Crippen LogP) is 3.82. The number of hydrogen-bond acceptors (Lipinski definition) is 0. The fraction of sp³-hybridized carbons (Fsp3) is 0. The molecule has 17 heavy (non-hydrogen) atoms. The van der Waals surface area contributed by atoms with Crippen LogP contribution in [-0.4, -0.2) is 0 Å². The molecule has 0 aliphatic heterocycles. The van der Waals surface area contributed by atoms with Gasteiger partial charge in [-0.15, -0.1) is 0 Å². The normalized spacial score (nSPS) is 10.9. The van der Waals surface area contributed by atoms with Crippen molar-refractivity contribution in [3.63, 3.8) is 0 Å². The molecule has 0 radical (unpaired) electrons. The van der Waals surface area contributed by atoms with Crippen LogP contribution < -0.4 is 10.6 Å². The molecule has 1 heteroatoms. The van der Waals surface area contributed by atoms with Crippen LogP contribution in [-0.2, 0) is 0 Å². The van der Waals surface area contributed by atoms with Gasteiger partial charge in [0.25, 0.3) is 0 Å². The van der Waals surface area contributed by atoms with Crippen LogP contribution in [0.5, 0.6) is 0 Å². The van der Waals surface area contributed by atoms with Gasteiger partial charge in [-0.25, -0.2) is 0 Å². The van der Waals surface area contributed by atoms with E-state index in [0.717, 1.165) is 0 Å². The Labute approximate surface area is 104 Å². The van der Waals surface area contributed by atoms with E-state index in [1.54, 1.807) is 0 Å². The molecule has 84 valence electrons. The fourth-order valence-electron chi connectivity index (χ4n) is 1.65. The first-order valence-corrected chi connectivity index (χ1v) is 7.01. The van der Waals surface area contributed by atoms with Gasteiger partial charge >= 0.3 is 0 Å². The van der Waals surface area contributed by atoms with Crippen LogP contribution in [0.25, 0.3) is 0 Å². The van der Waals surface area contributed by atoms with E-state index in [9.17, 15) is 0 Å². The number of rotatable bonds is 4. The molecule has 0 nitrogen and oxygen atoms in total. The van der Waals surface area contributed by atoms with Crippen LogP contribution in [0.15, 0.2) is 85.2 Å². The van der Waals surface area contributed by atoms with Gasteiger partial charge in [0.05, 0.1) is 0 Å². The van der Waals surface area contributed by atoms with E-state index in [0.29, 0.717) is 0 Å². The summed E-state index contributed by atoms with van der Waals surface area (Å²) in [5, 5.41) is 2.73. The van der Waals surface area contributed by atoms with Gasteiger partial charge in [-0.3, -0.25) is 0 Å². The van der Waals surface area contributed by atoms with Gasteiger partial charge in [0.2, 0.25) is 0 Å². The highest BCUT2D eigenvalue weighted by atomic mass is 31.1. The average Bonchev–Trinajstić information content (AvgIpc) is 2.42. The second kappa shape index (κ2) is 6.18. The molecule has 2 rings (SSSR count). The van der Waals surface area contributed by atoms with Gasteiger partial charge in [0.1, 0.15) is 0 Å². The molecule has 0 bridgehead atoms. The van der Waals surface area contributed by atoms with Crippen LogP contribution in [0.3, 0.4) is 0 Å². The summed E-state index contributed by atoms with van der Waals surface area (Å²) in [4.78, 5) is 0. The molecule has 0 aliphatic carbocycles. The van der Waals surface area contributed by atoms with Crippen LogP contribution >= 0.6 is 7.92 Å². The minimum atomic E-state index is -0.409. The lowest BCUT2D eigenvalue weighted by molar-refractivity contribution is 1.75. The Kier molecular flexibility index (Phi) is 4.30. The molecule has 0 heterocycles. The van der Waals surface area contributed by atoms with Crippen molar-refractivity contribution in [1.29, 1.82) is 0 Å². The highest BCUT2D eigenvalue weighted by molar-refractivity contribution is 7.75. The van der Waals surface area contributed by atoms with Gasteiger partial charge in [-0.1, -0.05) is 85.2 Å². The topological polar surface area (TPSA) is 0 Å². The SMILES string of the molecule is C=C/C=C/P(c1ccccc1)c1ccccc1. The van der Waals surface area contributed by atoms with Gasteiger partial charge in [0.15, 0.2) is 0 Å². The number of benzene rings is 2. The Morgan fingerprint density at radius 1 is 0.765 bits per heavy atom. The Balaban J connectivity index is 2.39. The summed E-state index contributed by atoms with van der Waals surface area (Å²) in [7, 11) is -0.409. The van der Waals surface area contributed by atoms with Crippen molar-refractivity contribution in [2.45, 2.75) is 0 Å². The lowest BCUT2D eigenvalue weighted by atomic mass is 10.4. The second-order valence-electron chi connectivity index (χ2n) is 3.62. The van der Waals surface area contributed by atoms with Crippen molar-refractivity contribution in [2.75, 3.05) is 0 Å². The Hall–Kier alpha value is -1.65. The minimum Gasteiger partial charge on any atom is -0.0991 e. The highest BCUT2D eigenvalue weighted by Crippen LogP contribution is 2.34. The summed E-state index contributed by atoms with van der Waals surface area (Å²) in [6.07, 6.45) is 3.87. The van der Waals surface area contributed by atoms with Gasteiger partial charge in [-0.2, -0.15) is 0 Å². The third-order valence-electron chi connectivity index (χ3n) is 2.44. The first-order chi connectivity index (χ1) is 8.42. The fourth-order valence-corrected chi connectivity index (χ4v) is 3.57. The summed E-state index contributed by atoms with van der Waals surface area (Å²) < 4.78 is 0. The van der Waals surface area contributed by atoms with Crippen molar-refractivity contribution in [3.8, 4) is 0 Å². The monoisotopic (exact) mass is 238 g/mol. The molecule has 0 atom stereocenters. The Morgan fingerprint density at radius 2 is 1.24 bits per heavy atom. The summed E-state index contributed by atoms with van der Waals surface area (Å²) >= 11 is 0. The van der Waals surface area contributed by atoms with Gasteiger partial charge in [0, 0.05) is 0 Å². The molecular formula is C16H15P. The van der Waals surface area contributed by atoms with Crippen molar-refractivity contribution >= 4 is 18.5 Å². The largest absolute Gasteiger partial charge is 0.0991 e. The molecule has 2 aromatic rings. The molecule has 0 saturated heterocycles. The van der Waals surface area contributed by atoms with E-state index in [1.165, 1.54) is 10.6 Å². The summed E-state index contributed by atoms with van der Waals surface area (Å²) in [5.41, 5.74) is 0. The van der Waals surface area contributed by atoms with E-state index >= 15 is 0 Å². The maximum atomic E-state index is 3.74. The first kappa shape index (κ1) is 11.8. The molecular weight excluding hydrogens is 223 g/mol. The maximum Gasteiger partial charge on any atom is -0.0157 e. The molecule has 0 aromatic heterocycles. The third kappa shape index (κ3) is 3.15. The zero-order chi connectivity index (χ0) is 11.9. The van der Waals surface area contributed by atoms with E-state index in [-0.39, 0.29) is 0 Å². The minimum absolute atomic E-state index is 0.409. The van der Waals surface area contributed by atoms with Crippen molar-refractivity contribution < 1.29 is 0 Å². The van der Waals surface area contributed by atoms with Gasteiger partial charge < -0.3 is 0 Å². The zero-order valence-corrected chi connectivity index (χ0v) is 10.6. The van der Waals surface area contributed by atoms with E-state index in [1.807, 2.05) is 12.2 Å². The summed E-state index contributed by atoms with van der Waals surface area (Å²) in [6, 6.07) is 21.2. The van der Waals surface area contributed by atoms with E-state index < -0.39 is 7.92 Å². The molecule has 0 fully saturated rings. The Morgan fingerprint density at radius 3 is 1.65 bits per heavy atom. The second-order valence-corrected chi connectivity index (χ2v) is 5.69. The summed E-state index contributed by atoms with van der Waals surface area (Å²) in [6.45, 7) is 3.74. The predicted molar refractivity (Wildman–Crippen MR) is 78.4 cm³/mol. The zero-order valence-electron chi connectivity index (χ0n) is 9.66. The average molecular weight is 238 g/mol. The lowest BCUT2D eigenvalue weighted by Gasteiger charge is -2.13. The van der Waals surface area contributed by atoms with Crippen LogP contribution in [0.2, 0.25) is 0 Å². The third-order valence-corrected chi connectivity index (χ3v) is 4.62. The smallest absolute Gasteiger partial charge is 0.0157 e. The number of allylic oxidation sites excluding steroid dienone is 2. The molecule has 0 unspecified atom stereocenters. The standard InChI is InChI=1S/C16H15P/c1-2-3-14-17(15-10-6-4-7-11-15)16-12-8-5-9-13-16/h2-14H,1H2/b14-3+. The van der Waals surface area contributed by atoms with E-state index in [2.05, 4.69) is 73.1 Å². The lowest BCUT2D eigenvalue weighted by Crippen LogP contribution is -2.09. The van der Waals surface area contributed by atoms with E-state index in [4.69, 9.17) is 0 Å². The van der Waals surface area contributed by atoms with Crippen molar-refractivity contribution in [2.24, 2.45) is 0 Å². The van der Waals surface area contributed by atoms with Crippen LogP contribution in [0, 0.1) is 0 Å². The molecule has 2 aromatic carbocycles. The summed E-state index contributed by atoms with van der Waals surface area (Å²) in [5.74, 6) is 2.24. The van der Waals surface area contributed by atoms with Crippen LogP contribution in [0.4, 0.5) is 0 Å². The quantitative estimate of drug-likeness (QED) is 0.561. The molecule has 0 amide bonds. The molecule has 0 N–H and O–H groups in total. The molecule has 0 saturated carbocycles. The van der Waals surface area contributed by atoms with Crippen molar-refractivity contribution in [1.82, 2.24) is 0 Å². The first-order valence-electron chi connectivity index (χ1n) is 5.60. The van der Waals surface area contributed by atoms with Gasteiger partial charge in [-0.05, 0) is 18.5 Å². The maximum absolute atomic E-state index is 3.74. The highest BCUT2D eigenvalue weighted by Gasteiger charge is 2.08. The number of hydrogen-bond donors (Lipinski definition) is 0. The molecule has 0 spiro atoms. The molecule has 0 aliphatic rings. The van der Waals surface area contributed by atoms with Crippen LogP contribution in [0.1, 0.15) is 0 Å². The van der Waals surface area contributed by atoms with Crippen molar-refractivity contribution in [3.05, 3.63) is 85.2 Å². The Bertz CT molecular complexity index is 446.